The summed E-state index contributed by atoms with van der Waals surface area (Å²) >= 11 is 0. The molecule has 1 rings (SSSR count). The van der Waals surface area contributed by atoms with E-state index in [0.29, 0.717) is 17.8 Å². The zero-order valence-electron chi connectivity index (χ0n) is 15.2. The van der Waals surface area contributed by atoms with Crippen molar-refractivity contribution in [3.63, 3.8) is 0 Å². The Morgan fingerprint density at radius 2 is 1.95 bits per heavy atom. The van der Waals surface area contributed by atoms with Gasteiger partial charge >= 0.3 is 0 Å². The smallest absolute Gasteiger partial charge is 0.0339 e. The largest absolute Gasteiger partial charge is 0.402 e. The van der Waals surface area contributed by atoms with Gasteiger partial charge in [-0.15, -0.1) is 0 Å². The van der Waals surface area contributed by atoms with Gasteiger partial charge in [-0.3, -0.25) is 0 Å². The van der Waals surface area contributed by atoms with E-state index < -0.39 is 0 Å². The van der Waals surface area contributed by atoms with E-state index in [0.717, 1.165) is 25.0 Å². The monoisotopic (exact) mass is 304 g/mol. The molecule has 0 aromatic rings. The molecule has 0 fully saturated rings. The van der Waals surface area contributed by atoms with Gasteiger partial charge < -0.3 is 11.5 Å². The highest BCUT2D eigenvalue weighted by molar-refractivity contribution is 5.29. The van der Waals surface area contributed by atoms with Crippen molar-refractivity contribution in [2.45, 2.75) is 66.3 Å². The molecule has 0 aromatic carbocycles. The Morgan fingerprint density at radius 3 is 2.50 bits per heavy atom. The minimum atomic E-state index is -0.136. The molecule has 1 aliphatic carbocycles. The van der Waals surface area contributed by atoms with Gasteiger partial charge in [0.2, 0.25) is 0 Å². The molecule has 126 valence electrons. The Kier molecular flexibility index (Phi) is 7.41. The molecule has 0 heterocycles. The maximum Gasteiger partial charge on any atom is 0.0339 e. The molecule has 22 heavy (non-hydrogen) atoms. The summed E-state index contributed by atoms with van der Waals surface area (Å²) in [5.41, 5.74) is 13.7. The SMILES string of the molecule is CC/C=C/CCC(C(C)CC(C)C)C1(C)C(N)=CC=CC1N. The molecule has 2 nitrogen and oxygen atoms in total. The van der Waals surface area contributed by atoms with Gasteiger partial charge in [-0.2, -0.15) is 0 Å². The van der Waals surface area contributed by atoms with Gasteiger partial charge in [-0.25, -0.2) is 0 Å². The zero-order chi connectivity index (χ0) is 16.8. The van der Waals surface area contributed by atoms with Crippen molar-refractivity contribution in [1.82, 2.24) is 0 Å². The molecular weight excluding hydrogens is 268 g/mol. The van der Waals surface area contributed by atoms with Crippen LogP contribution in [0.15, 0.2) is 36.1 Å². The van der Waals surface area contributed by atoms with Crippen LogP contribution in [0, 0.1) is 23.2 Å². The summed E-state index contributed by atoms with van der Waals surface area (Å²) in [6, 6.07) is 0.00673. The molecule has 0 spiro atoms. The average Bonchev–Trinajstić information content (AvgIpc) is 2.44. The predicted molar refractivity (Wildman–Crippen MR) is 98.3 cm³/mol. The highest BCUT2D eigenvalue weighted by Gasteiger charge is 2.43. The van der Waals surface area contributed by atoms with E-state index in [-0.39, 0.29) is 11.5 Å². The van der Waals surface area contributed by atoms with Crippen LogP contribution in [0.5, 0.6) is 0 Å². The minimum absolute atomic E-state index is 0.00673. The van der Waals surface area contributed by atoms with E-state index in [1.54, 1.807) is 0 Å². The van der Waals surface area contributed by atoms with Crippen molar-refractivity contribution in [2.24, 2.45) is 34.6 Å². The minimum Gasteiger partial charge on any atom is -0.402 e. The first kappa shape index (κ1) is 19.0. The lowest BCUT2D eigenvalue weighted by atomic mass is 9.61. The van der Waals surface area contributed by atoms with E-state index >= 15 is 0 Å². The summed E-state index contributed by atoms with van der Waals surface area (Å²) in [7, 11) is 0. The molecule has 0 amide bonds. The van der Waals surface area contributed by atoms with Crippen LogP contribution in [0.25, 0.3) is 0 Å². The van der Waals surface area contributed by atoms with Crippen LogP contribution >= 0.6 is 0 Å². The van der Waals surface area contributed by atoms with Gasteiger partial charge in [0.25, 0.3) is 0 Å². The summed E-state index contributed by atoms with van der Waals surface area (Å²) in [6.07, 6.45) is 15.3. The molecular formula is C20H36N2. The van der Waals surface area contributed by atoms with Crippen molar-refractivity contribution in [3.05, 3.63) is 36.1 Å². The fourth-order valence-electron chi connectivity index (χ4n) is 3.96. The summed E-state index contributed by atoms with van der Waals surface area (Å²) in [5, 5.41) is 0. The lowest BCUT2D eigenvalue weighted by molar-refractivity contribution is 0.122. The highest BCUT2D eigenvalue weighted by atomic mass is 14.8. The molecule has 0 saturated carbocycles. The van der Waals surface area contributed by atoms with E-state index in [1.807, 2.05) is 12.2 Å². The lowest BCUT2D eigenvalue weighted by Gasteiger charge is -2.46. The van der Waals surface area contributed by atoms with Crippen molar-refractivity contribution < 1.29 is 0 Å². The molecule has 2 heteroatoms. The first-order valence-corrected chi connectivity index (χ1v) is 8.89. The number of allylic oxidation sites excluding steroid dienone is 4. The van der Waals surface area contributed by atoms with E-state index in [9.17, 15) is 0 Å². The van der Waals surface area contributed by atoms with Crippen LogP contribution in [-0.2, 0) is 0 Å². The predicted octanol–water partition coefficient (Wildman–Crippen LogP) is 4.78. The van der Waals surface area contributed by atoms with Crippen molar-refractivity contribution in [1.29, 1.82) is 0 Å². The van der Waals surface area contributed by atoms with Gasteiger partial charge in [-0.05, 0) is 49.5 Å². The number of nitrogens with two attached hydrogens (primary N) is 2. The molecule has 0 bridgehead atoms. The van der Waals surface area contributed by atoms with Crippen LogP contribution in [0.1, 0.15) is 60.3 Å². The molecule has 0 radical (unpaired) electrons. The topological polar surface area (TPSA) is 52.0 Å². The number of hydrogen-bond acceptors (Lipinski definition) is 2. The van der Waals surface area contributed by atoms with Gasteiger partial charge in [0.1, 0.15) is 0 Å². The van der Waals surface area contributed by atoms with Crippen LogP contribution in [0.2, 0.25) is 0 Å². The fourth-order valence-corrected chi connectivity index (χ4v) is 3.96. The van der Waals surface area contributed by atoms with Crippen molar-refractivity contribution in [3.8, 4) is 0 Å². The van der Waals surface area contributed by atoms with Gasteiger partial charge in [0.15, 0.2) is 0 Å². The second-order valence-electron chi connectivity index (χ2n) is 7.49. The third-order valence-corrected chi connectivity index (χ3v) is 5.26. The third kappa shape index (κ3) is 4.49. The second-order valence-corrected chi connectivity index (χ2v) is 7.49. The molecule has 0 saturated heterocycles. The van der Waals surface area contributed by atoms with E-state index in [2.05, 4.69) is 52.8 Å². The Balaban J connectivity index is 2.99. The molecule has 1 aliphatic rings. The standard InChI is InChI=1S/C20H36N2/c1-6-7-8-9-11-17(16(4)14-15(2)3)20(5)18(21)12-10-13-19(20)22/h7-8,10,12-13,15-18H,6,9,11,14,21-22H2,1-5H3/b8-7+. The maximum atomic E-state index is 6.48. The first-order chi connectivity index (χ1) is 10.3. The molecule has 0 aromatic heterocycles. The van der Waals surface area contributed by atoms with Crippen LogP contribution < -0.4 is 11.5 Å². The summed E-state index contributed by atoms with van der Waals surface area (Å²) in [5.74, 6) is 1.82. The van der Waals surface area contributed by atoms with Crippen molar-refractivity contribution >= 4 is 0 Å². The Bertz CT molecular complexity index is 419. The number of rotatable bonds is 8. The maximum absolute atomic E-state index is 6.48. The lowest BCUT2D eigenvalue weighted by Crippen LogP contribution is -2.50. The van der Waals surface area contributed by atoms with Gasteiger partial charge in [-0.1, -0.05) is 58.9 Å². The third-order valence-electron chi connectivity index (χ3n) is 5.26. The van der Waals surface area contributed by atoms with E-state index in [1.165, 1.54) is 6.42 Å². The van der Waals surface area contributed by atoms with Crippen LogP contribution in [-0.4, -0.2) is 6.04 Å². The van der Waals surface area contributed by atoms with Gasteiger partial charge in [0.05, 0.1) is 0 Å². The molecule has 4 N–H and O–H groups in total. The summed E-state index contributed by atoms with van der Waals surface area (Å²) in [6.45, 7) is 11.4. The molecule has 0 aliphatic heterocycles. The molecule has 4 unspecified atom stereocenters. The quantitative estimate of drug-likeness (QED) is 0.634. The van der Waals surface area contributed by atoms with Crippen LogP contribution in [0.4, 0.5) is 0 Å². The van der Waals surface area contributed by atoms with Crippen LogP contribution in [0.3, 0.4) is 0 Å². The summed E-state index contributed by atoms with van der Waals surface area (Å²) < 4.78 is 0. The Morgan fingerprint density at radius 1 is 1.27 bits per heavy atom. The highest BCUT2D eigenvalue weighted by Crippen LogP contribution is 2.46. The van der Waals surface area contributed by atoms with Gasteiger partial charge in [0, 0.05) is 17.2 Å². The second kappa shape index (κ2) is 8.57. The Labute approximate surface area is 137 Å². The molecule has 4 atom stereocenters. The normalized spacial score (nSPS) is 28.1. The fraction of sp³-hybridized carbons (Fsp3) is 0.700. The first-order valence-electron chi connectivity index (χ1n) is 8.89. The van der Waals surface area contributed by atoms with E-state index in [4.69, 9.17) is 11.5 Å². The summed E-state index contributed by atoms with van der Waals surface area (Å²) in [4.78, 5) is 0. The Hall–Kier alpha value is -1.02. The van der Waals surface area contributed by atoms with Crippen molar-refractivity contribution in [2.75, 3.05) is 0 Å². The average molecular weight is 305 g/mol. The number of hydrogen-bond donors (Lipinski definition) is 2. The zero-order valence-corrected chi connectivity index (χ0v) is 15.2.